The lowest BCUT2D eigenvalue weighted by atomic mass is 10.1. The molecule has 0 atom stereocenters. The highest BCUT2D eigenvalue weighted by molar-refractivity contribution is 6.01. The molecule has 0 bridgehead atoms. The number of hydrogen-bond donors (Lipinski definition) is 1. The molecule has 0 saturated carbocycles. The number of aromatic amines is 1. The average Bonchev–Trinajstić information content (AvgIpc) is 3.06. The van der Waals surface area contributed by atoms with Crippen molar-refractivity contribution in [3.05, 3.63) is 36.8 Å². The molecule has 1 aromatic carbocycles. The van der Waals surface area contributed by atoms with E-state index in [-0.39, 0.29) is 5.75 Å². The Morgan fingerprint density at radius 1 is 1.08 bits per heavy atom. The van der Waals surface area contributed by atoms with Crippen LogP contribution in [0.25, 0.3) is 22.2 Å². The van der Waals surface area contributed by atoms with Crippen LogP contribution < -0.4 is 9.64 Å². The minimum atomic E-state index is -4.71. The summed E-state index contributed by atoms with van der Waals surface area (Å²) in [6, 6.07) is 5.75. The van der Waals surface area contributed by atoms with Gasteiger partial charge in [-0.25, -0.2) is 9.97 Å². The molecule has 3 aromatic rings. The molecule has 1 fully saturated rings. The molecule has 1 saturated heterocycles. The summed E-state index contributed by atoms with van der Waals surface area (Å²) < 4.78 is 46.3. The number of nitrogens with zero attached hydrogens (tertiary/aromatic N) is 3. The van der Waals surface area contributed by atoms with Gasteiger partial charge in [0.25, 0.3) is 0 Å². The van der Waals surface area contributed by atoms with Crippen LogP contribution in [0.3, 0.4) is 0 Å². The zero-order valence-corrected chi connectivity index (χ0v) is 13.6. The number of ether oxygens (including phenoxy) is 2. The second-order valence-electron chi connectivity index (χ2n) is 5.79. The Kier molecular flexibility index (Phi) is 4.15. The van der Waals surface area contributed by atoms with Crippen molar-refractivity contribution in [1.82, 2.24) is 15.0 Å². The largest absolute Gasteiger partial charge is 0.573 e. The molecule has 6 nitrogen and oxygen atoms in total. The molecule has 1 N–H and O–H groups in total. The second-order valence-corrected chi connectivity index (χ2v) is 5.79. The predicted molar refractivity (Wildman–Crippen MR) is 89.0 cm³/mol. The number of rotatable bonds is 3. The fourth-order valence-corrected chi connectivity index (χ4v) is 3.03. The molecular formula is C17H15F3N4O2. The van der Waals surface area contributed by atoms with E-state index < -0.39 is 6.36 Å². The van der Waals surface area contributed by atoms with Crippen molar-refractivity contribution in [2.45, 2.75) is 6.36 Å². The van der Waals surface area contributed by atoms with Crippen molar-refractivity contribution in [1.29, 1.82) is 0 Å². The number of H-pyrrole nitrogens is 1. The summed E-state index contributed by atoms with van der Waals surface area (Å²) >= 11 is 0. The molecule has 136 valence electrons. The van der Waals surface area contributed by atoms with Gasteiger partial charge in [-0.05, 0) is 17.7 Å². The first kappa shape index (κ1) is 16.6. The van der Waals surface area contributed by atoms with Crippen molar-refractivity contribution in [3.63, 3.8) is 0 Å². The third kappa shape index (κ3) is 3.30. The quantitative estimate of drug-likeness (QED) is 0.772. The topological polar surface area (TPSA) is 63.3 Å². The van der Waals surface area contributed by atoms with E-state index >= 15 is 0 Å². The molecule has 0 spiro atoms. The number of fused-ring (bicyclic) bond motifs is 1. The number of benzene rings is 1. The molecular weight excluding hydrogens is 349 g/mol. The lowest BCUT2D eigenvalue weighted by Gasteiger charge is -2.28. The Hall–Kier alpha value is -2.81. The number of hydrogen-bond acceptors (Lipinski definition) is 5. The van der Waals surface area contributed by atoms with Crippen LogP contribution in [0.2, 0.25) is 0 Å². The van der Waals surface area contributed by atoms with Crippen LogP contribution in [0, 0.1) is 0 Å². The van der Waals surface area contributed by atoms with Gasteiger partial charge >= 0.3 is 6.36 Å². The monoisotopic (exact) mass is 364 g/mol. The number of halogens is 3. The molecule has 4 rings (SSSR count). The molecule has 2 aromatic heterocycles. The van der Waals surface area contributed by atoms with Gasteiger partial charge in [-0.1, -0.05) is 12.1 Å². The van der Waals surface area contributed by atoms with Gasteiger partial charge in [0.1, 0.15) is 23.5 Å². The third-order valence-electron chi connectivity index (χ3n) is 4.16. The summed E-state index contributed by atoms with van der Waals surface area (Å²) in [7, 11) is 0. The van der Waals surface area contributed by atoms with Crippen LogP contribution in [0.5, 0.6) is 5.75 Å². The van der Waals surface area contributed by atoms with Crippen LogP contribution >= 0.6 is 0 Å². The molecule has 9 heteroatoms. The summed E-state index contributed by atoms with van der Waals surface area (Å²) in [6.07, 6.45) is -1.43. The normalized spacial score (nSPS) is 15.4. The lowest BCUT2D eigenvalue weighted by molar-refractivity contribution is -0.274. The van der Waals surface area contributed by atoms with Crippen LogP contribution in [0.1, 0.15) is 0 Å². The van der Waals surface area contributed by atoms with Gasteiger partial charge in [-0.15, -0.1) is 13.2 Å². The summed E-state index contributed by atoms with van der Waals surface area (Å²) in [5, 5.41) is 0.832. The van der Waals surface area contributed by atoms with Gasteiger partial charge < -0.3 is 19.4 Å². The predicted octanol–water partition coefficient (Wildman–Crippen LogP) is 3.36. The molecule has 26 heavy (non-hydrogen) atoms. The fraction of sp³-hybridized carbons (Fsp3) is 0.294. The van der Waals surface area contributed by atoms with Crippen LogP contribution in [0.15, 0.2) is 36.8 Å². The molecule has 3 heterocycles. The molecule has 0 aliphatic carbocycles. The van der Waals surface area contributed by atoms with Crippen molar-refractivity contribution >= 4 is 16.9 Å². The summed E-state index contributed by atoms with van der Waals surface area (Å²) in [5.41, 5.74) is 2.24. The highest BCUT2D eigenvalue weighted by Gasteiger charge is 2.31. The maximum absolute atomic E-state index is 12.3. The fourth-order valence-electron chi connectivity index (χ4n) is 3.03. The summed E-state index contributed by atoms with van der Waals surface area (Å²) in [4.78, 5) is 13.9. The van der Waals surface area contributed by atoms with E-state index in [9.17, 15) is 13.2 Å². The Bertz CT molecular complexity index is 903. The lowest BCUT2D eigenvalue weighted by Crippen LogP contribution is -2.36. The van der Waals surface area contributed by atoms with Crippen molar-refractivity contribution in [2.24, 2.45) is 0 Å². The Balaban J connectivity index is 1.72. The first-order valence-electron chi connectivity index (χ1n) is 8.02. The van der Waals surface area contributed by atoms with Crippen molar-refractivity contribution in [2.75, 3.05) is 31.2 Å². The SMILES string of the molecule is FC(F)(F)Oc1ccc(-c2c[nH]c3ncnc(N4CCOCC4)c23)cc1. The number of nitrogens with one attached hydrogen (secondary N) is 1. The molecule has 0 amide bonds. The zero-order valence-electron chi connectivity index (χ0n) is 13.6. The van der Waals surface area contributed by atoms with E-state index in [1.807, 2.05) is 0 Å². The molecule has 1 aliphatic rings. The van der Waals surface area contributed by atoms with E-state index in [0.717, 1.165) is 35.4 Å². The second kappa shape index (κ2) is 6.49. The minimum Gasteiger partial charge on any atom is -0.406 e. The highest BCUT2D eigenvalue weighted by Crippen LogP contribution is 2.35. The van der Waals surface area contributed by atoms with E-state index in [4.69, 9.17) is 4.74 Å². The van der Waals surface area contributed by atoms with E-state index in [1.54, 1.807) is 18.3 Å². The molecule has 0 unspecified atom stereocenters. The first-order chi connectivity index (χ1) is 12.5. The van der Waals surface area contributed by atoms with Crippen LogP contribution in [-0.4, -0.2) is 47.6 Å². The van der Waals surface area contributed by atoms with Crippen molar-refractivity contribution < 1.29 is 22.6 Å². The Morgan fingerprint density at radius 3 is 2.50 bits per heavy atom. The zero-order chi connectivity index (χ0) is 18.1. The van der Waals surface area contributed by atoms with E-state index in [2.05, 4.69) is 24.6 Å². The highest BCUT2D eigenvalue weighted by atomic mass is 19.4. The van der Waals surface area contributed by atoms with Gasteiger partial charge in [0.2, 0.25) is 0 Å². The smallest absolute Gasteiger partial charge is 0.406 e. The number of anilines is 1. The average molecular weight is 364 g/mol. The van der Waals surface area contributed by atoms with Gasteiger partial charge in [-0.3, -0.25) is 0 Å². The summed E-state index contributed by atoms with van der Waals surface area (Å²) in [6.45, 7) is 2.67. The molecule has 1 aliphatic heterocycles. The van der Waals surface area contributed by atoms with Crippen molar-refractivity contribution in [3.8, 4) is 16.9 Å². The van der Waals surface area contributed by atoms with E-state index in [0.29, 0.717) is 18.9 Å². The Morgan fingerprint density at radius 2 is 1.81 bits per heavy atom. The van der Waals surface area contributed by atoms with Crippen LogP contribution in [0.4, 0.5) is 19.0 Å². The maximum atomic E-state index is 12.3. The van der Waals surface area contributed by atoms with Gasteiger partial charge in [0.05, 0.1) is 18.6 Å². The molecule has 0 radical (unpaired) electrons. The van der Waals surface area contributed by atoms with Gasteiger partial charge in [0, 0.05) is 24.8 Å². The maximum Gasteiger partial charge on any atom is 0.573 e. The minimum absolute atomic E-state index is 0.259. The standard InChI is InChI=1S/C17H15F3N4O2/c18-17(19,20)26-12-3-1-11(2-4-12)13-9-21-15-14(13)16(23-10-22-15)24-5-7-25-8-6-24/h1-4,9-10H,5-8H2,(H,21,22,23). The number of morpholine rings is 1. The van der Waals surface area contributed by atoms with Gasteiger partial charge in [0.15, 0.2) is 0 Å². The van der Waals surface area contributed by atoms with Gasteiger partial charge in [-0.2, -0.15) is 0 Å². The Labute approximate surface area is 146 Å². The first-order valence-corrected chi connectivity index (χ1v) is 8.02. The van der Waals surface area contributed by atoms with Crippen LogP contribution in [-0.2, 0) is 4.74 Å². The summed E-state index contributed by atoms with van der Waals surface area (Å²) in [5.74, 6) is 0.524. The third-order valence-corrected chi connectivity index (χ3v) is 4.16. The van der Waals surface area contributed by atoms with E-state index in [1.165, 1.54) is 18.5 Å². The number of aromatic nitrogens is 3. The number of alkyl halides is 3.